The van der Waals surface area contributed by atoms with Crippen LogP contribution in [0.5, 0.6) is 0 Å². The maximum atomic E-state index is 14.2. The number of rotatable bonds is 4. The molecule has 2 aromatic carbocycles. The number of morpholine rings is 1. The minimum atomic E-state index is -0.311. The van der Waals surface area contributed by atoms with Gasteiger partial charge in [-0.1, -0.05) is 24.3 Å². The number of amides is 1. The lowest BCUT2D eigenvalue weighted by molar-refractivity contribution is 0.0259. The molecule has 1 amide bonds. The summed E-state index contributed by atoms with van der Waals surface area (Å²) in [6.07, 6.45) is 8.33. The lowest BCUT2D eigenvalue weighted by Gasteiger charge is -2.27. The first-order valence-electron chi connectivity index (χ1n) is 10.8. The first kappa shape index (κ1) is 22.5. The van der Waals surface area contributed by atoms with Crippen molar-refractivity contribution in [3.05, 3.63) is 72.4 Å². The molecule has 0 saturated carbocycles. The van der Waals surface area contributed by atoms with Crippen LogP contribution in [0.15, 0.2) is 66.0 Å². The zero-order valence-electron chi connectivity index (χ0n) is 18.4. The molecule has 0 spiro atoms. The van der Waals surface area contributed by atoms with Crippen LogP contribution < -0.4 is 0 Å². The molecule has 4 aromatic rings. The van der Waals surface area contributed by atoms with E-state index >= 15 is 0 Å². The monoisotopic (exact) mass is 478 g/mol. The molecule has 2 saturated heterocycles. The van der Waals surface area contributed by atoms with E-state index in [-0.39, 0.29) is 29.3 Å². The van der Waals surface area contributed by atoms with Crippen LogP contribution in [0.3, 0.4) is 0 Å². The molecule has 6 rings (SSSR count). The van der Waals surface area contributed by atoms with Crippen LogP contribution in [0.2, 0.25) is 0 Å². The van der Waals surface area contributed by atoms with E-state index in [4.69, 9.17) is 4.74 Å². The van der Waals surface area contributed by atoms with Crippen molar-refractivity contribution in [2.24, 2.45) is 0 Å². The largest absolute Gasteiger partial charge is 0.412 e. The Labute approximate surface area is 199 Å². The molecule has 4 heterocycles. The van der Waals surface area contributed by atoms with Crippen molar-refractivity contribution in [1.82, 2.24) is 19.4 Å². The summed E-state index contributed by atoms with van der Waals surface area (Å²) < 4.78 is 21.7. The van der Waals surface area contributed by atoms with Crippen molar-refractivity contribution in [2.45, 2.75) is 23.5 Å². The summed E-state index contributed by atoms with van der Waals surface area (Å²) >= 11 is 1.63. The van der Waals surface area contributed by atoms with Crippen LogP contribution in [0.4, 0.5) is 4.39 Å². The Morgan fingerprint density at radius 1 is 1.18 bits per heavy atom. The van der Waals surface area contributed by atoms with E-state index in [1.807, 2.05) is 40.1 Å². The number of likely N-dealkylation sites (tertiary alicyclic amines) is 1. The summed E-state index contributed by atoms with van der Waals surface area (Å²) in [5.41, 5.74) is 2.58. The van der Waals surface area contributed by atoms with Gasteiger partial charge in [-0.15, -0.1) is 11.8 Å². The summed E-state index contributed by atoms with van der Waals surface area (Å²) in [5, 5.41) is 1.03. The van der Waals surface area contributed by atoms with Crippen LogP contribution in [-0.2, 0) is 4.74 Å². The molecule has 2 aliphatic rings. The summed E-state index contributed by atoms with van der Waals surface area (Å²) in [6.45, 7) is 1.27. The third-order valence-electron chi connectivity index (χ3n) is 6.44. The molecule has 0 unspecified atom stereocenters. The molecule has 2 bridgehead atoms. The van der Waals surface area contributed by atoms with Crippen molar-refractivity contribution in [3.8, 4) is 17.1 Å². The molecule has 2 aromatic heterocycles. The Morgan fingerprint density at radius 3 is 2.65 bits per heavy atom. The fourth-order valence-electron chi connectivity index (χ4n) is 4.75. The topological polar surface area (TPSA) is 91.8 Å². The van der Waals surface area contributed by atoms with Gasteiger partial charge in [-0.25, -0.2) is 14.4 Å². The maximum Gasteiger partial charge on any atom is 0.254 e. The second kappa shape index (κ2) is 8.83. The first-order valence-corrected chi connectivity index (χ1v) is 12.0. The Hall–Kier alpha value is -3.27. The van der Waals surface area contributed by atoms with E-state index in [1.165, 1.54) is 6.07 Å². The fraction of sp³-hybridized carbons (Fsp3) is 0.240. The number of benzene rings is 2. The highest BCUT2D eigenvalue weighted by atomic mass is 32.2. The highest BCUT2D eigenvalue weighted by molar-refractivity contribution is 7.98. The van der Waals surface area contributed by atoms with Gasteiger partial charge in [0.2, 0.25) is 5.95 Å². The van der Waals surface area contributed by atoms with Gasteiger partial charge in [-0.3, -0.25) is 9.36 Å². The average molecular weight is 479 g/mol. The smallest absolute Gasteiger partial charge is 0.254 e. The number of carbonyl (C=O) groups excluding carboxylic acids is 1. The Morgan fingerprint density at radius 2 is 1.97 bits per heavy atom. The lowest BCUT2D eigenvalue weighted by atomic mass is 10.1. The number of nitrogens with zero attached hydrogens (tertiary/aromatic N) is 4. The second-order valence-electron chi connectivity index (χ2n) is 8.35. The standard InChI is InChI=1S/C25H21FN4O2S.H2O/c1-33-23-13-30(25-27-10-16(11-28-25)19-4-2-3-5-21(19)26)22-8-15(6-7-20(22)23)24(31)29-12-18-9-17(29)14-32-18;/h2-8,10-11,13,17-18H,9,12,14H2,1H3;1H2/t17-,18-;/m0./s1. The van der Waals surface area contributed by atoms with Crippen LogP contribution in [-0.4, -0.2) is 62.4 Å². The Balaban J connectivity index is 0.00000241. The molecule has 2 aliphatic heterocycles. The second-order valence-corrected chi connectivity index (χ2v) is 9.20. The summed E-state index contributed by atoms with van der Waals surface area (Å²) in [5.74, 6) is 0.190. The molecule has 34 heavy (non-hydrogen) atoms. The summed E-state index contributed by atoms with van der Waals surface area (Å²) in [7, 11) is 0. The summed E-state index contributed by atoms with van der Waals surface area (Å²) in [4.78, 5) is 25.2. The van der Waals surface area contributed by atoms with Gasteiger partial charge in [-0.2, -0.15) is 0 Å². The van der Waals surface area contributed by atoms with Gasteiger partial charge < -0.3 is 15.1 Å². The van der Waals surface area contributed by atoms with E-state index < -0.39 is 0 Å². The number of carbonyl (C=O) groups is 1. The number of fused-ring (bicyclic) bond motifs is 3. The zero-order valence-corrected chi connectivity index (χ0v) is 19.3. The minimum Gasteiger partial charge on any atom is -0.412 e. The first-order chi connectivity index (χ1) is 16.1. The minimum absolute atomic E-state index is 0. The fourth-order valence-corrected chi connectivity index (χ4v) is 5.35. The van der Waals surface area contributed by atoms with Gasteiger partial charge in [0.1, 0.15) is 5.82 Å². The van der Waals surface area contributed by atoms with E-state index in [0.29, 0.717) is 35.8 Å². The normalized spacial score (nSPS) is 18.9. The van der Waals surface area contributed by atoms with Crippen LogP contribution in [0.1, 0.15) is 16.8 Å². The number of hydrogen-bond acceptors (Lipinski definition) is 5. The van der Waals surface area contributed by atoms with Gasteiger partial charge in [0, 0.05) is 52.1 Å². The van der Waals surface area contributed by atoms with Gasteiger partial charge in [-0.05, 0) is 30.9 Å². The molecule has 0 aliphatic carbocycles. The van der Waals surface area contributed by atoms with Crippen molar-refractivity contribution in [1.29, 1.82) is 0 Å². The number of aromatic nitrogens is 3. The SMILES string of the molecule is CSc1cn(-c2ncc(-c3ccccc3F)cn2)c2cc(C(=O)N3C[C@@H]4C[C@H]3CO4)ccc12.O. The highest BCUT2D eigenvalue weighted by Gasteiger charge is 2.41. The van der Waals surface area contributed by atoms with Gasteiger partial charge in [0.05, 0.1) is 24.3 Å². The van der Waals surface area contributed by atoms with Crippen molar-refractivity contribution in [3.63, 3.8) is 0 Å². The van der Waals surface area contributed by atoms with E-state index in [9.17, 15) is 9.18 Å². The third kappa shape index (κ3) is 3.66. The Kier molecular flexibility index (Phi) is 5.85. The molecular formula is C25H23FN4O3S. The average Bonchev–Trinajstić information content (AvgIpc) is 3.58. The van der Waals surface area contributed by atoms with E-state index in [1.54, 1.807) is 42.4 Å². The van der Waals surface area contributed by atoms with Crippen molar-refractivity contribution >= 4 is 28.6 Å². The Bertz CT molecular complexity index is 1370. The van der Waals surface area contributed by atoms with Gasteiger partial charge in [0.15, 0.2) is 0 Å². The van der Waals surface area contributed by atoms with Gasteiger partial charge in [0.25, 0.3) is 5.91 Å². The van der Waals surface area contributed by atoms with Gasteiger partial charge >= 0.3 is 0 Å². The quantitative estimate of drug-likeness (QED) is 0.417. The molecule has 2 fully saturated rings. The van der Waals surface area contributed by atoms with Crippen LogP contribution in [0, 0.1) is 5.82 Å². The molecule has 0 radical (unpaired) electrons. The highest BCUT2D eigenvalue weighted by Crippen LogP contribution is 2.33. The predicted molar refractivity (Wildman–Crippen MR) is 129 cm³/mol. The molecule has 2 N–H and O–H groups in total. The third-order valence-corrected chi connectivity index (χ3v) is 7.20. The molecule has 2 atom stereocenters. The van der Waals surface area contributed by atoms with E-state index in [2.05, 4.69) is 9.97 Å². The van der Waals surface area contributed by atoms with Crippen LogP contribution >= 0.6 is 11.8 Å². The summed E-state index contributed by atoms with van der Waals surface area (Å²) in [6, 6.07) is 12.5. The number of ether oxygens (including phenoxy) is 1. The van der Waals surface area contributed by atoms with Crippen molar-refractivity contribution < 1.29 is 19.4 Å². The van der Waals surface area contributed by atoms with Crippen LogP contribution in [0.25, 0.3) is 28.0 Å². The molecular weight excluding hydrogens is 455 g/mol. The zero-order chi connectivity index (χ0) is 22.5. The maximum absolute atomic E-state index is 14.2. The molecule has 7 nitrogen and oxygen atoms in total. The number of hydrogen-bond donors (Lipinski definition) is 0. The number of halogens is 1. The predicted octanol–water partition coefficient (Wildman–Crippen LogP) is 3.74. The molecule has 174 valence electrons. The van der Waals surface area contributed by atoms with Crippen molar-refractivity contribution in [2.75, 3.05) is 19.4 Å². The lowest BCUT2D eigenvalue weighted by Crippen LogP contribution is -2.41. The van der Waals surface area contributed by atoms with E-state index in [0.717, 1.165) is 22.2 Å². The number of thioether (sulfide) groups is 1. The molecule has 9 heteroatoms.